The lowest BCUT2D eigenvalue weighted by Gasteiger charge is -2.23. The lowest BCUT2D eigenvalue weighted by Crippen LogP contribution is -2.39. The minimum Gasteiger partial charge on any atom is -0.312 e. The molecule has 0 amide bonds. The van der Waals surface area contributed by atoms with Crippen LogP contribution in [0.2, 0.25) is 0 Å². The number of likely N-dealkylation sites (tertiary alicyclic amines) is 1. The Morgan fingerprint density at radius 1 is 1.16 bits per heavy atom. The fraction of sp³-hybridized carbons (Fsp3) is 1.00. The summed E-state index contributed by atoms with van der Waals surface area (Å²) in [7, 11) is 4.54. The van der Waals surface area contributed by atoms with Gasteiger partial charge >= 0.3 is 0 Å². The molecule has 0 radical (unpaired) electrons. The van der Waals surface area contributed by atoms with Crippen molar-refractivity contribution < 1.29 is 0 Å². The molecule has 19 heavy (non-hydrogen) atoms. The van der Waals surface area contributed by atoms with Crippen LogP contribution in [0.4, 0.5) is 0 Å². The Hall–Kier alpha value is -0.120. The first-order chi connectivity index (χ1) is 9.22. The average molecular weight is 265 g/mol. The molecular formula is C16H31N3. The molecule has 3 heteroatoms. The summed E-state index contributed by atoms with van der Waals surface area (Å²) < 4.78 is 0. The second-order valence-corrected chi connectivity index (χ2v) is 7.33. The summed E-state index contributed by atoms with van der Waals surface area (Å²) >= 11 is 0. The molecule has 110 valence electrons. The summed E-state index contributed by atoms with van der Waals surface area (Å²) in [6.45, 7) is 6.28. The van der Waals surface area contributed by atoms with Gasteiger partial charge in [-0.05, 0) is 70.5 Å². The summed E-state index contributed by atoms with van der Waals surface area (Å²) in [6.07, 6.45) is 7.33. The highest BCUT2D eigenvalue weighted by molar-refractivity contribution is 4.96. The molecule has 0 spiro atoms. The van der Waals surface area contributed by atoms with Gasteiger partial charge in [0, 0.05) is 32.2 Å². The molecule has 0 aromatic rings. The lowest BCUT2D eigenvalue weighted by molar-refractivity contribution is 0.265. The van der Waals surface area contributed by atoms with Gasteiger partial charge in [0.25, 0.3) is 0 Å². The maximum Gasteiger partial charge on any atom is 0.0124 e. The SMILES string of the molecule is CN(CCNC(C1CC1)C1CC1)CC1CCN(C)C1. The first kappa shape index (κ1) is 13.8. The van der Waals surface area contributed by atoms with E-state index in [9.17, 15) is 0 Å². The number of likely N-dealkylation sites (N-methyl/N-ethyl adjacent to an activating group) is 1. The molecule has 1 saturated heterocycles. The van der Waals surface area contributed by atoms with E-state index >= 15 is 0 Å². The molecule has 1 aliphatic heterocycles. The second-order valence-electron chi connectivity index (χ2n) is 7.33. The van der Waals surface area contributed by atoms with Crippen LogP contribution in [0.15, 0.2) is 0 Å². The third-order valence-corrected chi connectivity index (χ3v) is 5.19. The molecule has 1 unspecified atom stereocenters. The third-order valence-electron chi connectivity index (χ3n) is 5.19. The molecule has 0 bridgehead atoms. The van der Waals surface area contributed by atoms with Crippen molar-refractivity contribution in [1.82, 2.24) is 15.1 Å². The van der Waals surface area contributed by atoms with Crippen LogP contribution in [0.25, 0.3) is 0 Å². The molecule has 3 aliphatic rings. The number of nitrogens with zero attached hydrogens (tertiary/aromatic N) is 2. The summed E-state index contributed by atoms with van der Waals surface area (Å²) in [6, 6.07) is 0.867. The highest BCUT2D eigenvalue weighted by Gasteiger charge is 2.40. The topological polar surface area (TPSA) is 18.5 Å². The fourth-order valence-electron chi connectivity index (χ4n) is 3.76. The van der Waals surface area contributed by atoms with Crippen molar-refractivity contribution >= 4 is 0 Å². The molecule has 0 aromatic heterocycles. The van der Waals surface area contributed by atoms with Crippen molar-refractivity contribution in [2.24, 2.45) is 17.8 Å². The predicted molar refractivity (Wildman–Crippen MR) is 80.3 cm³/mol. The van der Waals surface area contributed by atoms with Crippen LogP contribution in [0.5, 0.6) is 0 Å². The van der Waals surface area contributed by atoms with Crippen molar-refractivity contribution in [3.8, 4) is 0 Å². The first-order valence-electron chi connectivity index (χ1n) is 8.33. The molecule has 3 rings (SSSR count). The van der Waals surface area contributed by atoms with Gasteiger partial charge in [0.1, 0.15) is 0 Å². The van der Waals surface area contributed by atoms with Crippen molar-refractivity contribution in [1.29, 1.82) is 0 Å². The summed E-state index contributed by atoms with van der Waals surface area (Å²) in [5.41, 5.74) is 0. The summed E-state index contributed by atoms with van der Waals surface area (Å²) in [5.74, 6) is 2.96. The Kier molecular flexibility index (Phi) is 4.45. The van der Waals surface area contributed by atoms with Crippen molar-refractivity contribution in [3.05, 3.63) is 0 Å². The van der Waals surface area contributed by atoms with Gasteiger partial charge in [0.2, 0.25) is 0 Å². The Balaban J connectivity index is 1.30. The Morgan fingerprint density at radius 2 is 1.84 bits per heavy atom. The predicted octanol–water partition coefficient (Wildman–Crippen LogP) is 1.65. The zero-order valence-electron chi connectivity index (χ0n) is 12.8. The largest absolute Gasteiger partial charge is 0.312 e. The molecule has 1 N–H and O–H groups in total. The standard InChI is InChI=1S/C16H31N3/c1-18-9-7-13(11-18)12-19(2)10-8-17-16(14-3-4-14)15-5-6-15/h13-17H,3-12H2,1-2H3. The maximum absolute atomic E-state index is 3.86. The number of hydrogen-bond acceptors (Lipinski definition) is 3. The van der Waals surface area contributed by atoms with E-state index in [1.54, 1.807) is 0 Å². The van der Waals surface area contributed by atoms with Crippen LogP contribution >= 0.6 is 0 Å². The third kappa shape index (κ3) is 4.17. The highest BCUT2D eigenvalue weighted by atomic mass is 15.2. The fourth-order valence-corrected chi connectivity index (χ4v) is 3.76. The van der Waals surface area contributed by atoms with E-state index in [2.05, 4.69) is 29.2 Å². The average Bonchev–Trinajstić information content (AvgIpc) is 3.26. The van der Waals surface area contributed by atoms with E-state index in [0.717, 1.165) is 23.8 Å². The van der Waals surface area contributed by atoms with Crippen LogP contribution < -0.4 is 5.32 Å². The van der Waals surface area contributed by atoms with E-state index in [-0.39, 0.29) is 0 Å². The Labute approximate surface area is 118 Å². The number of nitrogens with one attached hydrogen (secondary N) is 1. The van der Waals surface area contributed by atoms with Gasteiger partial charge in [-0.15, -0.1) is 0 Å². The van der Waals surface area contributed by atoms with Crippen LogP contribution in [0, 0.1) is 17.8 Å². The number of hydrogen-bond donors (Lipinski definition) is 1. The first-order valence-corrected chi connectivity index (χ1v) is 8.33. The van der Waals surface area contributed by atoms with Crippen LogP contribution in [0.3, 0.4) is 0 Å². The maximum atomic E-state index is 3.86. The Bertz CT molecular complexity index is 274. The molecule has 3 nitrogen and oxygen atoms in total. The monoisotopic (exact) mass is 265 g/mol. The minimum absolute atomic E-state index is 0.867. The Morgan fingerprint density at radius 3 is 2.37 bits per heavy atom. The lowest BCUT2D eigenvalue weighted by atomic mass is 10.1. The van der Waals surface area contributed by atoms with Gasteiger partial charge in [0.15, 0.2) is 0 Å². The summed E-state index contributed by atoms with van der Waals surface area (Å²) in [5, 5.41) is 3.86. The smallest absolute Gasteiger partial charge is 0.0124 e. The normalized spacial score (nSPS) is 28.7. The highest BCUT2D eigenvalue weighted by Crippen LogP contribution is 2.44. The van der Waals surface area contributed by atoms with Crippen LogP contribution in [-0.4, -0.2) is 62.7 Å². The van der Waals surface area contributed by atoms with E-state index in [4.69, 9.17) is 0 Å². The van der Waals surface area contributed by atoms with E-state index in [0.29, 0.717) is 0 Å². The van der Waals surface area contributed by atoms with Gasteiger partial charge in [-0.25, -0.2) is 0 Å². The molecule has 3 fully saturated rings. The van der Waals surface area contributed by atoms with Gasteiger partial charge in [0.05, 0.1) is 0 Å². The molecule has 1 atom stereocenters. The quantitative estimate of drug-likeness (QED) is 0.720. The van der Waals surface area contributed by atoms with E-state index in [1.165, 1.54) is 64.8 Å². The minimum atomic E-state index is 0.867. The van der Waals surface area contributed by atoms with Gasteiger partial charge in [-0.1, -0.05) is 0 Å². The molecule has 2 saturated carbocycles. The van der Waals surface area contributed by atoms with Crippen molar-refractivity contribution in [2.45, 2.75) is 38.1 Å². The molecule has 0 aromatic carbocycles. The van der Waals surface area contributed by atoms with Gasteiger partial charge in [-0.3, -0.25) is 0 Å². The van der Waals surface area contributed by atoms with E-state index in [1.807, 2.05) is 0 Å². The summed E-state index contributed by atoms with van der Waals surface area (Å²) in [4.78, 5) is 5.00. The molecule has 2 aliphatic carbocycles. The van der Waals surface area contributed by atoms with E-state index < -0.39 is 0 Å². The second kappa shape index (κ2) is 6.11. The molecule has 1 heterocycles. The van der Waals surface area contributed by atoms with Gasteiger partial charge in [-0.2, -0.15) is 0 Å². The zero-order chi connectivity index (χ0) is 13.2. The van der Waals surface area contributed by atoms with Crippen LogP contribution in [-0.2, 0) is 0 Å². The van der Waals surface area contributed by atoms with Gasteiger partial charge < -0.3 is 15.1 Å². The van der Waals surface area contributed by atoms with Crippen molar-refractivity contribution in [2.75, 3.05) is 46.8 Å². The van der Waals surface area contributed by atoms with Crippen molar-refractivity contribution in [3.63, 3.8) is 0 Å². The molecular weight excluding hydrogens is 234 g/mol. The zero-order valence-corrected chi connectivity index (χ0v) is 12.8. The number of rotatable bonds is 8. The van der Waals surface area contributed by atoms with Crippen LogP contribution in [0.1, 0.15) is 32.1 Å².